The highest BCUT2D eigenvalue weighted by atomic mass is 19.1. The highest BCUT2D eigenvalue weighted by Gasteiger charge is 1.94. The number of benzene rings is 1. The minimum Gasteiger partial charge on any atom is -0.254 e. The molecule has 0 spiro atoms. The molecule has 0 aliphatic heterocycles. The number of halogens is 1. The first kappa shape index (κ1) is 13.1. The molecule has 88 valence electrons. The van der Waals surface area contributed by atoms with Crippen LogP contribution in [0.4, 0.5) is 10.1 Å². The monoisotopic (exact) mass is 229 g/mol. The summed E-state index contributed by atoms with van der Waals surface area (Å²) in [5.41, 5.74) is 3.31. The third-order valence-corrected chi connectivity index (χ3v) is 2.26. The van der Waals surface area contributed by atoms with Crippen LogP contribution in [0.15, 0.2) is 71.5 Å². The third kappa shape index (κ3) is 4.60. The highest BCUT2D eigenvalue weighted by Crippen LogP contribution is 2.13. The molecule has 2 heteroatoms. The molecular weight excluding hydrogens is 213 g/mol. The van der Waals surface area contributed by atoms with Crippen LogP contribution in [0, 0.1) is 0 Å². The number of para-hydroxylation sites is 1. The van der Waals surface area contributed by atoms with Gasteiger partial charge in [0.15, 0.2) is 0 Å². The summed E-state index contributed by atoms with van der Waals surface area (Å²) in [5.74, 6) is 0. The topological polar surface area (TPSA) is 12.4 Å². The van der Waals surface area contributed by atoms with Crippen LogP contribution in [0.2, 0.25) is 0 Å². The van der Waals surface area contributed by atoms with Gasteiger partial charge in [0.25, 0.3) is 0 Å². The molecule has 0 aliphatic carbocycles. The minimum atomic E-state index is 0.489. The molecule has 0 bridgehead atoms. The molecule has 0 unspecified atom stereocenters. The van der Waals surface area contributed by atoms with Crippen molar-refractivity contribution in [2.75, 3.05) is 0 Å². The maximum absolute atomic E-state index is 12.0. The molecule has 1 aromatic carbocycles. The van der Waals surface area contributed by atoms with E-state index in [0.29, 0.717) is 11.9 Å². The van der Waals surface area contributed by atoms with Crippen molar-refractivity contribution < 1.29 is 4.39 Å². The standard InChI is InChI=1S/C15H16FN/c1-12(9-10-16)13(2)11-14(3)17-15-7-5-4-6-8-15/h4-11H,1H2,2-3H3/b10-9+,13-11-,17-14?. The molecule has 1 nitrogen and oxygen atoms in total. The smallest absolute Gasteiger partial charge is 0.0872 e. The van der Waals surface area contributed by atoms with E-state index < -0.39 is 0 Å². The molecule has 0 saturated heterocycles. The van der Waals surface area contributed by atoms with E-state index in [-0.39, 0.29) is 0 Å². The molecular formula is C15H16FN. The van der Waals surface area contributed by atoms with Gasteiger partial charge in [0, 0.05) is 5.71 Å². The molecule has 0 N–H and O–H groups in total. The number of aliphatic imine (C=N–C) groups is 1. The summed E-state index contributed by atoms with van der Waals surface area (Å²) in [4.78, 5) is 4.42. The summed E-state index contributed by atoms with van der Waals surface area (Å²) in [7, 11) is 0. The maximum Gasteiger partial charge on any atom is 0.0872 e. The summed E-state index contributed by atoms with van der Waals surface area (Å²) >= 11 is 0. The summed E-state index contributed by atoms with van der Waals surface area (Å²) < 4.78 is 12.0. The van der Waals surface area contributed by atoms with Crippen LogP contribution < -0.4 is 0 Å². The molecule has 0 atom stereocenters. The van der Waals surface area contributed by atoms with Gasteiger partial charge in [0.05, 0.1) is 12.0 Å². The molecule has 1 aromatic rings. The lowest BCUT2D eigenvalue weighted by Gasteiger charge is -2.00. The fraction of sp³-hybridized carbons (Fsp3) is 0.133. The van der Waals surface area contributed by atoms with E-state index >= 15 is 0 Å². The Hall–Kier alpha value is -1.96. The molecule has 0 fully saturated rings. The van der Waals surface area contributed by atoms with E-state index in [2.05, 4.69) is 11.6 Å². The van der Waals surface area contributed by atoms with E-state index in [1.54, 1.807) is 0 Å². The Labute approximate surface area is 102 Å². The average molecular weight is 229 g/mol. The Morgan fingerprint density at radius 3 is 2.47 bits per heavy atom. The predicted molar refractivity (Wildman–Crippen MR) is 72.4 cm³/mol. The SMILES string of the molecule is C=C(/C=C/F)/C(C)=C\C(C)=Nc1ccccc1. The molecule has 1 rings (SSSR count). The number of allylic oxidation sites excluding steroid dienone is 4. The van der Waals surface area contributed by atoms with Crippen molar-refractivity contribution in [3.05, 3.63) is 66.5 Å². The molecule has 0 aliphatic rings. The Morgan fingerprint density at radius 2 is 1.88 bits per heavy atom. The van der Waals surface area contributed by atoms with Crippen LogP contribution >= 0.6 is 0 Å². The Morgan fingerprint density at radius 1 is 1.24 bits per heavy atom. The van der Waals surface area contributed by atoms with Crippen LogP contribution in [-0.4, -0.2) is 5.71 Å². The van der Waals surface area contributed by atoms with Gasteiger partial charge in [-0.1, -0.05) is 24.8 Å². The van der Waals surface area contributed by atoms with Crippen molar-refractivity contribution >= 4 is 11.4 Å². The maximum atomic E-state index is 12.0. The van der Waals surface area contributed by atoms with Gasteiger partial charge in [0.1, 0.15) is 0 Å². The summed E-state index contributed by atoms with van der Waals surface area (Å²) in [6, 6.07) is 9.69. The van der Waals surface area contributed by atoms with Crippen LogP contribution in [0.5, 0.6) is 0 Å². The second kappa shape index (κ2) is 6.59. The lowest BCUT2D eigenvalue weighted by atomic mass is 10.1. The fourth-order valence-electron chi connectivity index (χ4n) is 1.35. The molecule has 17 heavy (non-hydrogen) atoms. The Balaban J connectivity index is 2.84. The van der Waals surface area contributed by atoms with Crippen molar-refractivity contribution in [1.29, 1.82) is 0 Å². The Bertz CT molecular complexity index is 467. The second-order valence-corrected chi connectivity index (χ2v) is 3.73. The molecule has 0 radical (unpaired) electrons. The van der Waals surface area contributed by atoms with Crippen molar-refractivity contribution in [3.8, 4) is 0 Å². The molecule has 0 heterocycles. The van der Waals surface area contributed by atoms with E-state index in [4.69, 9.17) is 0 Å². The normalized spacial score (nSPS) is 13.1. The highest BCUT2D eigenvalue weighted by molar-refractivity contribution is 5.95. The van der Waals surface area contributed by atoms with E-state index in [9.17, 15) is 4.39 Å². The first-order valence-electron chi connectivity index (χ1n) is 5.38. The van der Waals surface area contributed by atoms with Gasteiger partial charge in [-0.3, -0.25) is 4.99 Å². The van der Waals surface area contributed by atoms with Crippen molar-refractivity contribution in [1.82, 2.24) is 0 Å². The Kier molecular flexibility index (Phi) is 5.08. The van der Waals surface area contributed by atoms with Crippen LogP contribution in [0.25, 0.3) is 0 Å². The zero-order valence-corrected chi connectivity index (χ0v) is 10.2. The lowest BCUT2D eigenvalue weighted by Crippen LogP contribution is -1.88. The first-order chi connectivity index (χ1) is 8.13. The minimum absolute atomic E-state index is 0.489. The average Bonchev–Trinajstić information content (AvgIpc) is 2.30. The van der Waals surface area contributed by atoms with Gasteiger partial charge in [-0.2, -0.15) is 0 Å². The third-order valence-electron chi connectivity index (χ3n) is 2.26. The van der Waals surface area contributed by atoms with Crippen LogP contribution in [-0.2, 0) is 0 Å². The fourth-order valence-corrected chi connectivity index (χ4v) is 1.35. The van der Waals surface area contributed by atoms with Crippen LogP contribution in [0.3, 0.4) is 0 Å². The van der Waals surface area contributed by atoms with Gasteiger partial charge in [-0.05, 0) is 49.3 Å². The summed E-state index contributed by atoms with van der Waals surface area (Å²) in [6.45, 7) is 7.54. The van der Waals surface area contributed by atoms with Gasteiger partial charge in [-0.15, -0.1) is 0 Å². The number of rotatable bonds is 4. The van der Waals surface area contributed by atoms with Gasteiger partial charge < -0.3 is 0 Å². The van der Waals surface area contributed by atoms with Crippen LogP contribution in [0.1, 0.15) is 13.8 Å². The first-order valence-corrected chi connectivity index (χ1v) is 5.38. The number of hydrogen-bond acceptors (Lipinski definition) is 1. The van der Waals surface area contributed by atoms with Crippen molar-refractivity contribution in [2.24, 2.45) is 4.99 Å². The number of hydrogen-bond donors (Lipinski definition) is 0. The zero-order chi connectivity index (χ0) is 12.7. The van der Waals surface area contributed by atoms with Crippen molar-refractivity contribution in [3.63, 3.8) is 0 Å². The van der Waals surface area contributed by atoms with Crippen molar-refractivity contribution in [2.45, 2.75) is 13.8 Å². The van der Waals surface area contributed by atoms with E-state index in [1.165, 1.54) is 6.08 Å². The summed E-state index contributed by atoms with van der Waals surface area (Å²) in [6.07, 6.45) is 3.71. The van der Waals surface area contributed by atoms with Gasteiger partial charge in [0.2, 0.25) is 0 Å². The molecule has 0 amide bonds. The molecule has 0 saturated carbocycles. The zero-order valence-electron chi connectivity index (χ0n) is 10.2. The summed E-state index contributed by atoms with van der Waals surface area (Å²) in [5, 5.41) is 0. The second-order valence-electron chi connectivity index (χ2n) is 3.73. The van der Waals surface area contributed by atoms with Gasteiger partial charge in [-0.25, -0.2) is 4.39 Å². The number of nitrogens with zero attached hydrogens (tertiary/aromatic N) is 1. The van der Waals surface area contributed by atoms with E-state index in [0.717, 1.165) is 17.0 Å². The van der Waals surface area contributed by atoms with E-state index in [1.807, 2.05) is 50.3 Å². The lowest BCUT2D eigenvalue weighted by molar-refractivity contribution is 0.720. The molecule has 0 aromatic heterocycles. The predicted octanol–water partition coefficient (Wildman–Crippen LogP) is 4.76. The quantitative estimate of drug-likeness (QED) is 0.521. The largest absolute Gasteiger partial charge is 0.254 e. The van der Waals surface area contributed by atoms with Gasteiger partial charge >= 0.3 is 0 Å².